The Hall–Kier alpha value is -1.99. The van der Waals surface area contributed by atoms with Crippen LogP contribution in [-0.4, -0.2) is 22.6 Å². The Morgan fingerprint density at radius 3 is 1.60 bits per heavy atom. The standard InChI is InChI=1S/C8H8N2O4S/c1-13-5-7(3-9)15(11,12)8(4-10)6-14-2/h5-6H,1-2H3/b7-5-,8-6-. The van der Waals surface area contributed by atoms with E-state index >= 15 is 0 Å². The van der Waals surface area contributed by atoms with Crippen molar-refractivity contribution in [3.8, 4) is 12.1 Å². The highest BCUT2D eigenvalue weighted by molar-refractivity contribution is 7.99. The zero-order valence-electron chi connectivity index (χ0n) is 8.09. The van der Waals surface area contributed by atoms with Gasteiger partial charge in [0, 0.05) is 0 Å². The number of sulfone groups is 1. The van der Waals surface area contributed by atoms with Crippen molar-refractivity contribution in [1.29, 1.82) is 10.5 Å². The molecule has 0 bridgehead atoms. The SMILES string of the molecule is CO/C=C(/C#N)S(=O)(=O)/C(C#N)=C\OC. The molecule has 0 aliphatic heterocycles. The fourth-order valence-corrected chi connectivity index (χ4v) is 1.56. The van der Waals surface area contributed by atoms with Gasteiger partial charge < -0.3 is 9.47 Å². The van der Waals surface area contributed by atoms with Crippen LogP contribution in [0, 0.1) is 22.7 Å². The number of allylic oxidation sites excluding steroid dienone is 2. The number of methoxy groups -OCH3 is 2. The first kappa shape index (κ1) is 13.0. The third kappa shape index (κ3) is 3.01. The smallest absolute Gasteiger partial charge is 0.232 e. The summed E-state index contributed by atoms with van der Waals surface area (Å²) >= 11 is 0. The topological polar surface area (TPSA) is 100 Å². The molecule has 6 nitrogen and oxygen atoms in total. The molecular weight excluding hydrogens is 220 g/mol. The van der Waals surface area contributed by atoms with Crippen molar-refractivity contribution in [2.24, 2.45) is 0 Å². The molecule has 0 unspecified atom stereocenters. The monoisotopic (exact) mass is 228 g/mol. The maximum atomic E-state index is 11.5. The Morgan fingerprint density at radius 2 is 1.40 bits per heavy atom. The number of ether oxygens (including phenoxy) is 2. The fourth-order valence-electron chi connectivity index (χ4n) is 0.632. The summed E-state index contributed by atoms with van der Waals surface area (Å²) in [5, 5.41) is 17.1. The summed E-state index contributed by atoms with van der Waals surface area (Å²) in [5.74, 6) is 0. The Morgan fingerprint density at radius 1 is 1.07 bits per heavy atom. The van der Waals surface area contributed by atoms with E-state index in [2.05, 4.69) is 9.47 Å². The molecule has 80 valence electrons. The first-order valence-electron chi connectivity index (χ1n) is 3.55. The molecule has 0 aromatic rings. The minimum absolute atomic E-state index is 0.658. The first-order valence-corrected chi connectivity index (χ1v) is 5.04. The van der Waals surface area contributed by atoms with Crippen LogP contribution in [0.5, 0.6) is 0 Å². The van der Waals surface area contributed by atoms with Gasteiger partial charge in [-0.2, -0.15) is 10.5 Å². The number of hydrogen-bond donors (Lipinski definition) is 0. The second-order valence-corrected chi connectivity index (χ2v) is 4.05. The summed E-state index contributed by atoms with van der Waals surface area (Å²) in [7, 11) is -1.75. The molecular formula is C8H8N2O4S. The molecule has 0 atom stereocenters. The molecule has 0 radical (unpaired) electrons. The van der Waals surface area contributed by atoms with Crippen LogP contribution < -0.4 is 0 Å². The molecule has 0 amide bonds. The van der Waals surface area contributed by atoms with Crippen molar-refractivity contribution in [2.75, 3.05) is 14.2 Å². The average molecular weight is 228 g/mol. The van der Waals surface area contributed by atoms with Gasteiger partial charge >= 0.3 is 0 Å². The maximum absolute atomic E-state index is 11.5. The molecule has 15 heavy (non-hydrogen) atoms. The highest BCUT2D eigenvalue weighted by Crippen LogP contribution is 2.16. The van der Waals surface area contributed by atoms with E-state index in [4.69, 9.17) is 10.5 Å². The number of hydrogen-bond acceptors (Lipinski definition) is 6. The number of nitrogens with zero attached hydrogens (tertiary/aromatic N) is 2. The van der Waals surface area contributed by atoms with Gasteiger partial charge in [-0.15, -0.1) is 0 Å². The van der Waals surface area contributed by atoms with E-state index in [1.807, 2.05) is 0 Å². The van der Waals surface area contributed by atoms with Gasteiger partial charge in [0.05, 0.1) is 14.2 Å². The number of rotatable bonds is 4. The maximum Gasteiger partial charge on any atom is 0.232 e. The summed E-state index contributed by atoms with van der Waals surface area (Å²) in [6.07, 6.45) is 1.49. The van der Waals surface area contributed by atoms with Crippen LogP contribution >= 0.6 is 0 Å². The van der Waals surface area contributed by atoms with Gasteiger partial charge in [-0.3, -0.25) is 0 Å². The van der Waals surface area contributed by atoms with Gasteiger partial charge in [0.15, 0.2) is 9.81 Å². The van der Waals surface area contributed by atoms with Crippen molar-refractivity contribution in [3.05, 3.63) is 22.3 Å². The van der Waals surface area contributed by atoms with Crippen LogP contribution in [0.15, 0.2) is 22.3 Å². The van der Waals surface area contributed by atoms with Gasteiger partial charge in [-0.05, 0) is 0 Å². The summed E-state index contributed by atoms with van der Waals surface area (Å²) in [4.78, 5) is -1.32. The van der Waals surface area contributed by atoms with Crippen LogP contribution in [0.25, 0.3) is 0 Å². The zero-order chi connectivity index (χ0) is 11.9. The van der Waals surface area contributed by atoms with Crippen LogP contribution in [-0.2, 0) is 19.3 Å². The van der Waals surface area contributed by atoms with Gasteiger partial charge in [0.1, 0.15) is 24.7 Å². The largest absolute Gasteiger partial charge is 0.502 e. The third-order valence-corrected chi connectivity index (χ3v) is 2.78. The third-order valence-electron chi connectivity index (χ3n) is 1.25. The molecule has 0 saturated heterocycles. The minimum Gasteiger partial charge on any atom is -0.502 e. The van der Waals surface area contributed by atoms with Crippen LogP contribution in [0.2, 0.25) is 0 Å². The summed E-state index contributed by atoms with van der Waals surface area (Å²) in [6.45, 7) is 0. The van der Waals surface area contributed by atoms with Gasteiger partial charge in [0.25, 0.3) is 0 Å². The molecule has 0 saturated carbocycles. The quantitative estimate of drug-likeness (QED) is 0.510. The van der Waals surface area contributed by atoms with Crippen molar-refractivity contribution in [2.45, 2.75) is 0 Å². The second kappa shape index (κ2) is 5.68. The molecule has 0 aliphatic rings. The second-order valence-electron chi connectivity index (χ2n) is 2.16. The van der Waals surface area contributed by atoms with Gasteiger partial charge in [-0.1, -0.05) is 0 Å². The lowest BCUT2D eigenvalue weighted by molar-refractivity contribution is 0.336. The van der Waals surface area contributed by atoms with Crippen LogP contribution in [0.1, 0.15) is 0 Å². The molecule has 0 heterocycles. The fraction of sp³-hybridized carbons (Fsp3) is 0.250. The summed E-state index contributed by atoms with van der Waals surface area (Å²) < 4.78 is 31.9. The molecule has 0 spiro atoms. The molecule has 0 N–H and O–H groups in total. The minimum atomic E-state index is -4.14. The highest BCUT2D eigenvalue weighted by Gasteiger charge is 2.24. The molecule has 0 rings (SSSR count). The molecule has 0 aromatic carbocycles. The van der Waals surface area contributed by atoms with Crippen molar-refractivity contribution < 1.29 is 17.9 Å². The zero-order valence-corrected chi connectivity index (χ0v) is 8.91. The predicted octanol–water partition coefficient (Wildman–Crippen LogP) is 0.424. The highest BCUT2D eigenvalue weighted by atomic mass is 32.2. The first-order chi connectivity index (χ1) is 7.04. The van der Waals surface area contributed by atoms with Gasteiger partial charge in [-0.25, -0.2) is 8.42 Å². The molecule has 0 fully saturated rings. The van der Waals surface area contributed by atoms with Gasteiger partial charge in [0.2, 0.25) is 9.84 Å². The van der Waals surface area contributed by atoms with E-state index in [0.29, 0.717) is 0 Å². The Bertz CT molecular complexity index is 424. The molecule has 0 aromatic heterocycles. The Labute approximate surface area is 87.6 Å². The van der Waals surface area contributed by atoms with Crippen LogP contribution in [0.4, 0.5) is 0 Å². The summed E-state index contributed by atoms with van der Waals surface area (Å²) in [6, 6.07) is 2.83. The number of nitriles is 2. The van der Waals surface area contributed by atoms with E-state index in [1.165, 1.54) is 26.4 Å². The predicted molar refractivity (Wildman–Crippen MR) is 50.3 cm³/mol. The average Bonchev–Trinajstić information content (AvgIpc) is 2.21. The van der Waals surface area contributed by atoms with Crippen molar-refractivity contribution >= 4 is 9.84 Å². The van der Waals surface area contributed by atoms with E-state index in [9.17, 15) is 8.42 Å². The van der Waals surface area contributed by atoms with E-state index < -0.39 is 19.6 Å². The Balaban J connectivity index is 5.54. The van der Waals surface area contributed by atoms with E-state index in [-0.39, 0.29) is 0 Å². The van der Waals surface area contributed by atoms with E-state index in [1.54, 1.807) is 0 Å². The lowest BCUT2D eigenvalue weighted by Gasteiger charge is -1.99. The van der Waals surface area contributed by atoms with Crippen molar-refractivity contribution in [3.63, 3.8) is 0 Å². The molecule has 0 aliphatic carbocycles. The van der Waals surface area contributed by atoms with Crippen LogP contribution in [0.3, 0.4) is 0 Å². The van der Waals surface area contributed by atoms with Crippen molar-refractivity contribution in [1.82, 2.24) is 0 Å². The lowest BCUT2D eigenvalue weighted by atomic mass is 10.7. The normalized spacial score (nSPS) is 12.5. The summed E-state index contributed by atoms with van der Waals surface area (Å²) in [5.41, 5.74) is 0. The van der Waals surface area contributed by atoms with E-state index in [0.717, 1.165) is 12.5 Å². The molecule has 7 heteroatoms. The lowest BCUT2D eigenvalue weighted by Crippen LogP contribution is -2.06. The Kier molecular flexibility index (Phi) is 4.93.